The van der Waals surface area contributed by atoms with E-state index in [4.69, 9.17) is 32.9 Å². The molecule has 148 valence electrons. The van der Waals surface area contributed by atoms with Crippen LogP contribution in [0.25, 0.3) is 10.9 Å². The largest absolute Gasteiger partial charge is 0.507 e. The Morgan fingerprint density at radius 1 is 1.21 bits per heavy atom. The van der Waals surface area contributed by atoms with E-state index < -0.39 is 21.6 Å². The molecule has 1 N–H and O–H groups in total. The minimum Gasteiger partial charge on any atom is -0.507 e. The third-order valence-corrected chi connectivity index (χ3v) is 5.71. The zero-order valence-electron chi connectivity index (χ0n) is 14.8. The van der Waals surface area contributed by atoms with E-state index in [1.165, 1.54) is 28.4 Å². The van der Waals surface area contributed by atoms with Gasteiger partial charge in [-0.2, -0.15) is 0 Å². The third-order valence-electron chi connectivity index (χ3n) is 3.86. The molecule has 1 aromatic heterocycles. The Bertz CT molecular complexity index is 1190. The molecule has 3 rings (SSSR count). The lowest BCUT2D eigenvalue weighted by atomic mass is 10.1. The summed E-state index contributed by atoms with van der Waals surface area (Å²) in [5.41, 5.74) is 0.560. The predicted molar refractivity (Wildman–Crippen MR) is 105 cm³/mol. The molecule has 0 fully saturated rings. The van der Waals surface area contributed by atoms with Crippen LogP contribution in [-0.4, -0.2) is 36.4 Å². The van der Waals surface area contributed by atoms with Gasteiger partial charge in [0.05, 0.1) is 12.1 Å². The second-order valence-electron chi connectivity index (χ2n) is 5.88. The lowest BCUT2D eigenvalue weighted by Gasteiger charge is -2.12. The highest BCUT2D eigenvalue weighted by molar-refractivity contribution is 7.90. The first-order valence-corrected chi connectivity index (χ1v) is 10.6. The molecule has 2 aromatic carbocycles. The SMILES string of the molecule is CCOC(=O)c1cc2c(cc1Oc1ccc(O)c(S(C)(=O)=O)c1)cc(Cl)n2Cl. The van der Waals surface area contributed by atoms with Crippen molar-refractivity contribution in [1.82, 2.24) is 4.09 Å². The number of carbonyl (C=O) groups excluding carboxylic acids is 1. The van der Waals surface area contributed by atoms with E-state index in [0.29, 0.717) is 10.9 Å². The number of hydrogen-bond donors (Lipinski definition) is 1. The average molecular weight is 444 g/mol. The van der Waals surface area contributed by atoms with Crippen LogP contribution < -0.4 is 4.74 Å². The number of sulfone groups is 1. The molecule has 0 atom stereocenters. The molecule has 0 aliphatic heterocycles. The maximum Gasteiger partial charge on any atom is 0.342 e. The number of rotatable bonds is 5. The van der Waals surface area contributed by atoms with Gasteiger partial charge in [0.15, 0.2) is 9.84 Å². The van der Waals surface area contributed by atoms with Crippen LogP contribution in [0.1, 0.15) is 17.3 Å². The molecule has 0 spiro atoms. The Balaban J connectivity index is 2.14. The molecule has 28 heavy (non-hydrogen) atoms. The van der Waals surface area contributed by atoms with Crippen molar-refractivity contribution in [3.63, 3.8) is 0 Å². The number of fused-ring (bicyclic) bond motifs is 1. The van der Waals surface area contributed by atoms with Crippen molar-refractivity contribution in [2.75, 3.05) is 12.9 Å². The highest BCUT2D eigenvalue weighted by atomic mass is 35.5. The Labute approximate surface area is 171 Å². The van der Waals surface area contributed by atoms with Crippen molar-refractivity contribution in [2.45, 2.75) is 11.8 Å². The van der Waals surface area contributed by atoms with Gasteiger partial charge in [-0.15, -0.1) is 0 Å². The average Bonchev–Trinajstić information content (AvgIpc) is 2.89. The highest BCUT2D eigenvalue weighted by Crippen LogP contribution is 2.36. The molecule has 10 heteroatoms. The van der Waals surface area contributed by atoms with Gasteiger partial charge < -0.3 is 14.6 Å². The van der Waals surface area contributed by atoms with Crippen molar-refractivity contribution in [3.8, 4) is 17.2 Å². The number of carbonyl (C=O) groups is 1. The Morgan fingerprint density at radius 3 is 2.57 bits per heavy atom. The number of phenolic OH excluding ortho intramolecular Hbond substituents is 1. The number of aromatic nitrogens is 1. The van der Waals surface area contributed by atoms with Gasteiger partial charge in [-0.3, -0.25) is 0 Å². The minimum atomic E-state index is -3.68. The third kappa shape index (κ3) is 3.89. The van der Waals surface area contributed by atoms with Crippen LogP contribution in [0.4, 0.5) is 0 Å². The molecule has 3 aromatic rings. The van der Waals surface area contributed by atoms with Crippen molar-refractivity contribution in [2.24, 2.45) is 0 Å². The zero-order valence-corrected chi connectivity index (χ0v) is 17.1. The number of phenols is 1. The van der Waals surface area contributed by atoms with Crippen LogP contribution >= 0.6 is 23.4 Å². The summed E-state index contributed by atoms with van der Waals surface area (Å²) >= 11 is 12.1. The molecule has 0 unspecified atom stereocenters. The summed E-state index contributed by atoms with van der Waals surface area (Å²) in [5, 5.41) is 10.6. The maximum atomic E-state index is 12.4. The van der Waals surface area contributed by atoms with Crippen LogP contribution in [-0.2, 0) is 14.6 Å². The van der Waals surface area contributed by atoms with Crippen LogP contribution in [0.3, 0.4) is 0 Å². The van der Waals surface area contributed by atoms with E-state index in [1.807, 2.05) is 0 Å². The van der Waals surface area contributed by atoms with E-state index in [0.717, 1.165) is 6.26 Å². The number of aromatic hydroxyl groups is 1. The normalized spacial score (nSPS) is 11.6. The smallest absolute Gasteiger partial charge is 0.342 e. The van der Waals surface area contributed by atoms with Gasteiger partial charge >= 0.3 is 5.97 Å². The number of nitrogens with zero attached hydrogens (tertiary/aromatic N) is 1. The standard InChI is InChI=1S/C18H15Cl2NO6S/c1-3-26-18(23)12-9-13-10(7-17(19)21(13)20)6-15(12)27-11-4-5-14(22)16(8-11)28(2,24)25/h4-9,22H,3H2,1-2H3. The van der Waals surface area contributed by atoms with Crippen molar-refractivity contribution < 1.29 is 27.8 Å². The zero-order chi connectivity index (χ0) is 20.6. The quantitative estimate of drug-likeness (QED) is 0.588. The van der Waals surface area contributed by atoms with E-state index in [-0.39, 0.29) is 33.7 Å². The molecule has 7 nitrogen and oxygen atoms in total. The van der Waals surface area contributed by atoms with Crippen LogP contribution in [0.2, 0.25) is 5.15 Å². The summed E-state index contributed by atoms with van der Waals surface area (Å²) in [5.74, 6) is -0.813. The molecule has 0 bridgehead atoms. The fraction of sp³-hybridized carbons (Fsp3) is 0.167. The number of benzene rings is 2. The lowest BCUT2D eigenvalue weighted by molar-refractivity contribution is 0.0523. The summed E-state index contributed by atoms with van der Waals surface area (Å²) in [6.45, 7) is 1.81. The molecule has 0 aliphatic carbocycles. The number of ether oxygens (including phenoxy) is 2. The van der Waals surface area contributed by atoms with Gasteiger partial charge in [-0.05, 0) is 37.3 Å². The summed E-state index contributed by atoms with van der Waals surface area (Å²) in [4.78, 5) is 12.1. The van der Waals surface area contributed by atoms with Gasteiger partial charge in [0.1, 0.15) is 32.9 Å². The van der Waals surface area contributed by atoms with Crippen LogP contribution in [0.15, 0.2) is 41.3 Å². The monoisotopic (exact) mass is 443 g/mol. The molecule has 0 saturated heterocycles. The van der Waals surface area contributed by atoms with Crippen molar-refractivity contribution in [3.05, 3.63) is 47.1 Å². The highest BCUT2D eigenvalue weighted by Gasteiger charge is 2.20. The number of halogens is 2. The first-order valence-electron chi connectivity index (χ1n) is 8.01. The van der Waals surface area contributed by atoms with Gasteiger partial charge in [0, 0.05) is 29.5 Å². The lowest BCUT2D eigenvalue weighted by Crippen LogP contribution is -2.07. The molecule has 0 aliphatic rings. The molecule has 0 amide bonds. The van der Waals surface area contributed by atoms with E-state index >= 15 is 0 Å². The first-order chi connectivity index (χ1) is 13.1. The number of esters is 1. The second kappa shape index (κ2) is 7.54. The molecule has 0 radical (unpaired) electrons. The fourth-order valence-electron chi connectivity index (χ4n) is 2.60. The van der Waals surface area contributed by atoms with Crippen molar-refractivity contribution >= 4 is 50.1 Å². The summed E-state index contributed by atoms with van der Waals surface area (Å²) in [6, 6.07) is 8.34. The molecule has 1 heterocycles. The van der Waals surface area contributed by atoms with E-state index in [1.54, 1.807) is 19.1 Å². The van der Waals surface area contributed by atoms with Gasteiger partial charge in [-0.25, -0.2) is 17.3 Å². The fourth-order valence-corrected chi connectivity index (χ4v) is 3.79. The second-order valence-corrected chi connectivity index (χ2v) is 8.59. The van der Waals surface area contributed by atoms with Gasteiger partial charge in [0.25, 0.3) is 0 Å². The predicted octanol–water partition coefficient (Wildman–Crippen LogP) is 4.37. The Morgan fingerprint density at radius 2 is 1.93 bits per heavy atom. The Hall–Kier alpha value is -2.42. The molecular weight excluding hydrogens is 429 g/mol. The van der Waals surface area contributed by atoms with Crippen LogP contribution in [0.5, 0.6) is 17.2 Å². The van der Waals surface area contributed by atoms with E-state index in [9.17, 15) is 18.3 Å². The van der Waals surface area contributed by atoms with E-state index in [2.05, 4.69) is 0 Å². The maximum absolute atomic E-state index is 12.4. The summed E-state index contributed by atoms with van der Waals surface area (Å²) in [7, 11) is -3.68. The van der Waals surface area contributed by atoms with Gasteiger partial charge in [0.2, 0.25) is 0 Å². The van der Waals surface area contributed by atoms with Gasteiger partial charge in [-0.1, -0.05) is 11.6 Å². The Kier molecular flexibility index (Phi) is 5.47. The summed E-state index contributed by atoms with van der Waals surface area (Å²) < 4.78 is 35.6. The molecule has 0 saturated carbocycles. The van der Waals surface area contributed by atoms with Crippen LogP contribution in [0, 0.1) is 0 Å². The number of hydrogen-bond acceptors (Lipinski definition) is 6. The summed E-state index contributed by atoms with van der Waals surface area (Å²) in [6.07, 6.45) is 0.965. The first kappa shape index (κ1) is 20.3. The van der Waals surface area contributed by atoms with Crippen molar-refractivity contribution in [1.29, 1.82) is 0 Å². The molecular formula is C18H15Cl2NO6S. The topological polar surface area (TPSA) is 94.8 Å². The minimum absolute atomic E-state index is 0.0833.